The Hall–Kier alpha value is -0.450. The minimum atomic E-state index is -0.896. The van der Waals surface area contributed by atoms with E-state index >= 15 is 0 Å². The summed E-state index contributed by atoms with van der Waals surface area (Å²) >= 11 is 13.0. The molecule has 0 saturated heterocycles. The van der Waals surface area contributed by atoms with Crippen molar-refractivity contribution < 1.29 is 8.78 Å². The zero-order valence-corrected chi connectivity index (χ0v) is 12.9. The molecule has 18 heavy (non-hydrogen) atoms. The van der Waals surface area contributed by atoms with Crippen molar-refractivity contribution in [2.45, 2.75) is 5.38 Å². The van der Waals surface area contributed by atoms with Crippen molar-refractivity contribution in [1.29, 1.82) is 0 Å². The van der Waals surface area contributed by atoms with Gasteiger partial charge in [0.15, 0.2) is 11.6 Å². The predicted molar refractivity (Wildman–Crippen MR) is 75.9 cm³/mol. The summed E-state index contributed by atoms with van der Waals surface area (Å²) in [6.07, 6.45) is 0. The van der Waals surface area contributed by atoms with Gasteiger partial charge in [-0.3, -0.25) is 0 Å². The molecule has 1 unspecified atom stereocenters. The van der Waals surface area contributed by atoms with E-state index in [2.05, 4.69) is 31.9 Å². The Morgan fingerprint density at radius 3 is 2.00 bits per heavy atom. The van der Waals surface area contributed by atoms with Gasteiger partial charge in [0.05, 0.1) is 5.38 Å². The maximum atomic E-state index is 13.2. The van der Waals surface area contributed by atoms with Crippen LogP contribution in [0.25, 0.3) is 0 Å². The third-order valence-electron chi connectivity index (χ3n) is 2.41. The summed E-state index contributed by atoms with van der Waals surface area (Å²) in [6, 6.07) is 9.21. The first-order chi connectivity index (χ1) is 8.47. The average molecular weight is 396 g/mol. The Kier molecular flexibility index (Phi) is 4.41. The fraction of sp³-hybridized carbons (Fsp3) is 0.0769. The fourth-order valence-electron chi connectivity index (χ4n) is 1.58. The van der Waals surface area contributed by atoms with Crippen LogP contribution in [-0.4, -0.2) is 0 Å². The lowest BCUT2D eigenvalue weighted by molar-refractivity contribution is 0.507. The molecule has 0 aliphatic heterocycles. The van der Waals surface area contributed by atoms with Crippen molar-refractivity contribution in [2.24, 2.45) is 0 Å². The van der Waals surface area contributed by atoms with Crippen LogP contribution in [0.5, 0.6) is 0 Å². The van der Waals surface area contributed by atoms with Crippen molar-refractivity contribution in [3.05, 3.63) is 68.1 Å². The van der Waals surface area contributed by atoms with E-state index in [-0.39, 0.29) is 0 Å². The monoisotopic (exact) mass is 394 g/mol. The molecule has 0 amide bonds. The quantitative estimate of drug-likeness (QED) is 0.561. The standard InChI is InChI=1S/C13H7Br2ClF2/c14-9-3-8(4-10(15)6-9)13(16)7-1-2-11(17)12(18)5-7/h1-6,13H. The first kappa shape index (κ1) is 14.0. The summed E-state index contributed by atoms with van der Waals surface area (Å²) in [5.41, 5.74) is 1.31. The van der Waals surface area contributed by atoms with Gasteiger partial charge in [0.2, 0.25) is 0 Å². The SMILES string of the molecule is Fc1ccc(C(Cl)c2cc(Br)cc(Br)c2)cc1F. The molecule has 0 saturated carbocycles. The zero-order valence-electron chi connectivity index (χ0n) is 8.93. The van der Waals surface area contributed by atoms with Crippen LogP contribution in [0.1, 0.15) is 16.5 Å². The smallest absolute Gasteiger partial charge is 0.159 e. The summed E-state index contributed by atoms with van der Waals surface area (Å²) < 4.78 is 27.7. The second-order valence-corrected chi connectivity index (χ2v) is 6.01. The fourth-order valence-corrected chi connectivity index (χ4v) is 3.17. The van der Waals surface area contributed by atoms with Gasteiger partial charge in [0, 0.05) is 8.95 Å². The highest BCUT2D eigenvalue weighted by molar-refractivity contribution is 9.11. The van der Waals surface area contributed by atoms with Gasteiger partial charge >= 0.3 is 0 Å². The third kappa shape index (κ3) is 3.11. The van der Waals surface area contributed by atoms with E-state index in [1.165, 1.54) is 6.07 Å². The Morgan fingerprint density at radius 1 is 0.833 bits per heavy atom. The molecule has 2 aromatic carbocycles. The number of alkyl halides is 1. The van der Waals surface area contributed by atoms with E-state index < -0.39 is 17.0 Å². The molecule has 2 rings (SSSR count). The van der Waals surface area contributed by atoms with Crippen LogP contribution in [0.2, 0.25) is 0 Å². The van der Waals surface area contributed by atoms with Crippen LogP contribution in [0.3, 0.4) is 0 Å². The molecule has 0 aromatic heterocycles. The van der Waals surface area contributed by atoms with Crippen LogP contribution in [0.15, 0.2) is 45.3 Å². The van der Waals surface area contributed by atoms with Crippen molar-refractivity contribution in [1.82, 2.24) is 0 Å². The third-order valence-corrected chi connectivity index (χ3v) is 3.83. The predicted octanol–water partition coefficient (Wildman–Crippen LogP) is 5.82. The largest absolute Gasteiger partial charge is 0.204 e. The molecule has 0 spiro atoms. The van der Waals surface area contributed by atoms with Crippen molar-refractivity contribution in [3.8, 4) is 0 Å². The molecule has 2 aromatic rings. The number of hydrogen-bond acceptors (Lipinski definition) is 0. The summed E-state index contributed by atoms with van der Waals surface area (Å²) in [7, 11) is 0. The number of rotatable bonds is 2. The number of benzene rings is 2. The zero-order chi connectivity index (χ0) is 13.3. The summed E-state index contributed by atoms with van der Waals surface area (Å²) in [6.45, 7) is 0. The van der Waals surface area contributed by atoms with Gasteiger partial charge in [0.25, 0.3) is 0 Å². The molecule has 0 heterocycles. The van der Waals surface area contributed by atoms with Crippen molar-refractivity contribution in [3.63, 3.8) is 0 Å². The normalized spacial score (nSPS) is 12.5. The van der Waals surface area contributed by atoms with Gasteiger partial charge in [0.1, 0.15) is 0 Å². The van der Waals surface area contributed by atoms with Gasteiger partial charge < -0.3 is 0 Å². The molecular weight excluding hydrogens is 389 g/mol. The van der Waals surface area contributed by atoms with E-state index in [4.69, 9.17) is 11.6 Å². The van der Waals surface area contributed by atoms with Gasteiger partial charge in [-0.1, -0.05) is 37.9 Å². The first-order valence-corrected chi connectivity index (χ1v) is 7.04. The lowest BCUT2D eigenvalue weighted by Crippen LogP contribution is -1.96. The molecule has 0 bridgehead atoms. The van der Waals surface area contributed by atoms with Gasteiger partial charge in [-0.15, -0.1) is 11.6 Å². The Labute approximate surface area is 125 Å². The molecule has 0 N–H and O–H groups in total. The highest BCUT2D eigenvalue weighted by Crippen LogP contribution is 2.33. The minimum Gasteiger partial charge on any atom is -0.204 e. The second kappa shape index (κ2) is 5.68. The summed E-state index contributed by atoms with van der Waals surface area (Å²) in [5, 5.41) is -0.533. The number of halogens is 5. The van der Waals surface area contributed by atoms with Crippen LogP contribution in [0.4, 0.5) is 8.78 Å². The molecule has 0 aliphatic carbocycles. The number of hydrogen-bond donors (Lipinski definition) is 0. The highest BCUT2D eigenvalue weighted by Gasteiger charge is 2.14. The van der Waals surface area contributed by atoms with Crippen LogP contribution >= 0.6 is 43.5 Å². The topological polar surface area (TPSA) is 0 Å². The maximum absolute atomic E-state index is 13.2. The minimum absolute atomic E-state index is 0.514. The molecule has 0 radical (unpaired) electrons. The molecule has 1 atom stereocenters. The molecule has 5 heteroatoms. The summed E-state index contributed by atoms with van der Waals surface area (Å²) in [5.74, 6) is -1.77. The lowest BCUT2D eigenvalue weighted by atomic mass is 10.0. The van der Waals surface area contributed by atoms with Crippen LogP contribution in [-0.2, 0) is 0 Å². The summed E-state index contributed by atoms with van der Waals surface area (Å²) in [4.78, 5) is 0. The van der Waals surface area contributed by atoms with Crippen LogP contribution in [0, 0.1) is 11.6 Å². The molecule has 0 fully saturated rings. The molecular formula is C13H7Br2ClF2. The molecule has 94 valence electrons. The Balaban J connectivity index is 2.40. The van der Waals surface area contributed by atoms with E-state index in [1.54, 1.807) is 0 Å². The second-order valence-electron chi connectivity index (χ2n) is 3.74. The Morgan fingerprint density at radius 2 is 1.44 bits per heavy atom. The highest BCUT2D eigenvalue weighted by atomic mass is 79.9. The van der Waals surface area contributed by atoms with Gasteiger partial charge in [-0.05, 0) is 41.5 Å². The van der Waals surface area contributed by atoms with Gasteiger partial charge in [-0.25, -0.2) is 8.78 Å². The van der Waals surface area contributed by atoms with E-state index in [9.17, 15) is 8.78 Å². The van der Waals surface area contributed by atoms with E-state index in [0.29, 0.717) is 5.56 Å². The molecule has 0 aliphatic rings. The van der Waals surface area contributed by atoms with Gasteiger partial charge in [-0.2, -0.15) is 0 Å². The van der Waals surface area contributed by atoms with Crippen molar-refractivity contribution in [2.75, 3.05) is 0 Å². The maximum Gasteiger partial charge on any atom is 0.159 e. The van der Waals surface area contributed by atoms with E-state index in [0.717, 1.165) is 26.6 Å². The Bertz CT molecular complexity index is 567. The first-order valence-electron chi connectivity index (χ1n) is 5.02. The average Bonchev–Trinajstić information content (AvgIpc) is 2.30. The van der Waals surface area contributed by atoms with E-state index in [1.807, 2.05) is 18.2 Å². The lowest BCUT2D eigenvalue weighted by Gasteiger charge is -2.11. The van der Waals surface area contributed by atoms with Crippen LogP contribution < -0.4 is 0 Å². The van der Waals surface area contributed by atoms with Crippen molar-refractivity contribution >= 4 is 43.5 Å². The molecule has 0 nitrogen and oxygen atoms in total.